The summed E-state index contributed by atoms with van der Waals surface area (Å²) in [7, 11) is -3.89. The Morgan fingerprint density at radius 1 is 0.771 bits per heavy atom. The maximum absolute atomic E-state index is 13.0. The van der Waals surface area contributed by atoms with E-state index in [2.05, 4.69) is 0 Å². The molecule has 0 atom stereocenters. The van der Waals surface area contributed by atoms with Gasteiger partial charge in [-0.25, -0.2) is 8.42 Å². The van der Waals surface area contributed by atoms with Crippen LogP contribution in [0.5, 0.6) is 5.75 Å². The topological polar surface area (TPSA) is 84.6 Å². The molecule has 0 spiro atoms. The van der Waals surface area contributed by atoms with Crippen molar-refractivity contribution in [1.82, 2.24) is 0 Å². The van der Waals surface area contributed by atoms with E-state index in [-0.39, 0.29) is 26.9 Å². The zero-order chi connectivity index (χ0) is 24.2. The first-order valence-electron chi connectivity index (χ1n) is 11.0. The molecule has 170 valence electrons. The van der Waals surface area contributed by atoms with Crippen LogP contribution in [-0.4, -0.2) is 19.3 Å². The number of fused-ring (bicyclic) bond motifs is 4. The van der Waals surface area contributed by atoms with Crippen LogP contribution >= 0.6 is 0 Å². The smallest absolute Gasteiger partial charge is 0.211 e. The van der Waals surface area contributed by atoms with Crippen LogP contribution in [0.1, 0.15) is 16.1 Å². The molecule has 0 unspecified atom stereocenters. The van der Waals surface area contributed by atoms with E-state index >= 15 is 0 Å². The van der Waals surface area contributed by atoms with Gasteiger partial charge < -0.3 is 9.52 Å². The first-order chi connectivity index (χ1) is 16.9. The molecule has 0 fully saturated rings. The van der Waals surface area contributed by atoms with Gasteiger partial charge in [-0.15, -0.1) is 0 Å². The zero-order valence-corrected chi connectivity index (χ0v) is 19.1. The maximum atomic E-state index is 13.0. The summed E-state index contributed by atoms with van der Waals surface area (Å²) in [5.41, 5.74) is 0.762. The third-order valence-corrected chi connectivity index (χ3v) is 7.99. The molecule has 5 nitrogen and oxygen atoms in total. The minimum absolute atomic E-state index is 0.0322. The summed E-state index contributed by atoms with van der Waals surface area (Å²) < 4.78 is 31.7. The number of sulfone groups is 1. The molecule has 0 aliphatic carbocycles. The van der Waals surface area contributed by atoms with E-state index in [1.54, 1.807) is 30.4 Å². The van der Waals surface area contributed by atoms with Gasteiger partial charge >= 0.3 is 0 Å². The van der Waals surface area contributed by atoms with E-state index < -0.39 is 15.6 Å². The molecule has 0 radical (unpaired) electrons. The molecule has 0 bridgehead atoms. The lowest BCUT2D eigenvalue weighted by Gasteiger charge is -2.00. The van der Waals surface area contributed by atoms with E-state index in [9.17, 15) is 18.3 Å². The van der Waals surface area contributed by atoms with Crippen molar-refractivity contribution < 1.29 is 22.7 Å². The van der Waals surface area contributed by atoms with Gasteiger partial charge in [-0.1, -0.05) is 66.8 Å². The van der Waals surface area contributed by atoms with Gasteiger partial charge in [0.1, 0.15) is 10.5 Å². The second kappa shape index (κ2) is 7.82. The Bertz CT molecular complexity index is 1890. The molecule has 0 saturated heterocycles. The fraction of sp³-hybridized carbons (Fsp3) is 0. The number of furan rings is 1. The molecule has 4 aromatic carbocycles. The first kappa shape index (κ1) is 21.1. The first-order valence-corrected chi connectivity index (χ1v) is 12.4. The third-order valence-electron chi connectivity index (χ3n) is 6.17. The molecule has 6 heteroatoms. The Balaban J connectivity index is 1.29. The van der Waals surface area contributed by atoms with Crippen molar-refractivity contribution >= 4 is 54.2 Å². The largest absolute Gasteiger partial charge is 0.504 e. The normalized spacial score (nSPS) is 16.5. The average Bonchev–Trinajstić information content (AvgIpc) is 3.26. The minimum Gasteiger partial charge on any atom is -0.504 e. The van der Waals surface area contributed by atoms with Gasteiger partial charge in [-0.05, 0) is 58.0 Å². The van der Waals surface area contributed by atoms with Crippen LogP contribution < -0.4 is 0 Å². The van der Waals surface area contributed by atoms with Crippen LogP contribution in [0.4, 0.5) is 0 Å². The summed E-state index contributed by atoms with van der Waals surface area (Å²) in [6.07, 6.45) is 7.57. The number of carbonyl (C=O) groups is 1. The molecule has 1 aliphatic rings. The van der Waals surface area contributed by atoms with Crippen molar-refractivity contribution in [2.45, 2.75) is 4.90 Å². The highest BCUT2D eigenvalue weighted by Gasteiger charge is 2.39. The van der Waals surface area contributed by atoms with E-state index in [4.69, 9.17) is 4.42 Å². The van der Waals surface area contributed by atoms with Crippen molar-refractivity contribution in [3.8, 4) is 5.75 Å². The van der Waals surface area contributed by atoms with Crippen LogP contribution in [0.3, 0.4) is 0 Å². The molecule has 5 aromatic rings. The van der Waals surface area contributed by atoms with E-state index in [0.29, 0.717) is 11.0 Å². The highest BCUT2D eigenvalue weighted by Crippen LogP contribution is 2.37. The average molecular weight is 479 g/mol. The number of carbonyl (C=O) groups excluding carboxylic acids is 1. The number of allylic oxidation sites excluding steroid dienone is 5. The van der Waals surface area contributed by atoms with E-state index in [1.165, 1.54) is 12.2 Å². The number of hydrogen-bond donors (Lipinski definition) is 1. The van der Waals surface area contributed by atoms with Crippen LogP contribution in [0.15, 0.2) is 111 Å². The molecule has 1 aliphatic heterocycles. The van der Waals surface area contributed by atoms with Crippen molar-refractivity contribution in [3.63, 3.8) is 0 Å². The summed E-state index contributed by atoms with van der Waals surface area (Å²) in [4.78, 5) is 12.6. The van der Waals surface area contributed by atoms with Crippen molar-refractivity contribution in [3.05, 3.63) is 113 Å². The fourth-order valence-electron chi connectivity index (χ4n) is 4.41. The Kier molecular flexibility index (Phi) is 4.72. The van der Waals surface area contributed by atoms with Gasteiger partial charge in [0, 0.05) is 5.56 Å². The molecule has 0 amide bonds. The fourth-order valence-corrected chi connectivity index (χ4v) is 5.98. The number of rotatable bonds is 3. The van der Waals surface area contributed by atoms with Crippen LogP contribution in [0.25, 0.3) is 38.6 Å². The predicted molar refractivity (Wildman–Crippen MR) is 137 cm³/mol. The number of hydrogen-bond acceptors (Lipinski definition) is 5. The Morgan fingerprint density at radius 2 is 1.40 bits per heavy atom. The second-order valence-electron chi connectivity index (χ2n) is 8.31. The van der Waals surface area contributed by atoms with E-state index in [0.717, 1.165) is 21.5 Å². The summed E-state index contributed by atoms with van der Waals surface area (Å²) >= 11 is 0. The molecule has 0 saturated carbocycles. The molecular formula is C29H18O5S. The maximum Gasteiger partial charge on any atom is 0.211 e. The van der Waals surface area contributed by atoms with Crippen molar-refractivity contribution in [1.29, 1.82) is 0 Å². The number of benzene rings is 4. The monoisotopic (exact) mass is 478 g/mol. The highest BCUT2D eigenvalue weighted by atomic mass is 32.2. The minimum atomic E-state index is -3.89. The van der Waals surface area contributed by atoms with Gasteiger partial charge in [-0.3, -0.25) is 4.79 Å². The molecule has 2 heterocycles. The Morgan fingerprint density at radius 3 is 2.11 bits per heavy atom. The lowest BCUT2D eigenvalue weighted by molar-refractivity contribution is 0.104. The molecule has 1 N–H and O–H groups in total. The summed E-state index contributed by atoms with van der Waals surface area (Å²) in [6.45, 7) is 0. The summed E-state index contributed by atoms with van der Waals surface area (Å²) in [5, 5.41) is 14.7. The summed E-state index contributed by atoms with van der Waals surface area (Å²) in [5.74, 6) is -0.192. The quantitative estimate of drug-likeness (QED) is 0.234. The van der Waals surface area contributed by atoms with Gasteiger partial charge in [0.25, 0.3) is 0 Å². The number of ketones is 1. The highest BCUT2D eigenvalue weighted by molar-refractivity contribution is 7.97. The molecule has 6 rings (SSSR count). The van der Waals surface area contributed by atoms with Crippen molar-refractivity contribution in [2.75, 3.05) is 0 Å². The van der Waals surface area contributed by atoms with E-state index in [1.807, 2.05) is 60.7 Å². The van der Waals surface area contributed by atoms with Crippen LogP contribution in [0.2, 0.25) is 0 Å². The van der Waals surface area contributed by atoms with Crippen molar-refractivity contribution in [2.24, 2.45) is 0 Å². The Hall–Kier alpha value is -4.42. The molecule has 35 heavy (non-hydrogen) atoms. The third kappa shape index (κ3) is 3.38. The zero-order valence-electron chi connectivity index (χ0n) is 18.3. The van der Waals surface area contributed by atoms with Gasteiger partial charge in [0.2, 0.25) is 15.6 Å². The predicted octanol–water partition coefficient (Wildman–Crippen LogP) is 6.57. The SMILES string of the molecule is O=C1C(=CC=CC=Cc2oc3cc4ccccc4cc3c2O)S(=O)(=O)c2cc3ccccc3cc21. The van der Waals surface area contributed by atoms with Crippen LogP contribution in [-0.2, 0) is 9.84 Å². The van der Waals surface area contributed by atoms with Gasteiger partial charge in [0.05, 0.1) is 10.3 Å². The molecular weight excluding hydrogens is 460 g/mol. The standard InChI is InChI=1S/C29H18O5S/c30-28-22-14-18-8-4-6-10-20(18)16-25(22)34-24(28)12-2-1-3-13-26-29(31)23-15-19-9-5-7-11-21(19)17-27(23)35(26,32)33/h1-17,30H. The lowest BCUT2D eigenvalue weighted by Crippen LogP contribution is -2.01. The Labute approximate surface area is 200 Å². The second-order valence-corrected chi connectivity index (χ2v) is 10.2. The lowest BCUT2D eigenvalue weighted by atomic mass is 10.0. The molecule has 1 aromatic heterocycles. The number of aromatic hydroxyl groups is 1. The van der Waals surface area contributed by atoms with Gasteiger partial charge in [-0.2, -0.15) is 0 Å². The number of Topliss-reactive ketones (excluding diaryl/α,β-unsaturated/α-hetero) is 1. The van der Waals surface area contributed by atoms with Crippen LogP contribution in [0, 0.1) is 0 Å². The van der Waals surface area contributed by atoms with Gasteiger partial charge in [0.15, 0.2) is 11.5 Å². The summed E-state index contributed by atoms with van der Waals surface area (Å²) in [6, 6.07) is 22.1.